The van der Waals surface area contributed by atoms with Crippen molar-refractivity contribution < 1.29 is 19.1 Å². The Morgan fingerprint density at radius 2 is 1.79 bits per heavy atom. The van der Waals surface area contributed by atoms with Gasteiger partial charge in [-0.1, -0.05) is 29.3 Å². The van der Waals surface area contributed by atoms with Crippen molar-refractivity contribution in [3.8, 4) is 5.75 Å². The van der Waals surface area contributed by atoms with E-state index >= 15 is 0 Å². The highest BCUT2D eigenvalue weighted by atomic mass is 35.5. The topological polar surface area (TPSA) is 80.6 Å². The van der Waals surface area contributed by atoms with Crippen molar-refractivity contribution >= 4 is 52.8 Å². The minimum Gasteiger partial charge on any atom is -0.494 e. The van der Waals surface area contributed by atoms with Gasteiger partial charge in [-0.25, -0.2) is 9.69 Å². The molecule has 9 heteroatoms. The molecule has 4 amide bonds. The van der Waals surface area contributed by atoms with Crippen LogP contribution >= 0.6 is 23.2 Å². The first-order chi connectivity index (χ1) is 16.3. The number of rotatable bonds is 7. The first-order valence-electron chi connectivity index (χ1n) is 10.5. The highest BCUT2D eigenvalue weighted by Gasteiger charge is 2.37. The molecule has 0 bridgehead atoms. The van der Waals surface area contributed by atoms with Crippen LogP contribution in [-0.4, -0.2) is 29.0 Å². The number of carbonyl (C=O) groups excluding carboxylic acids is 3. The number of halogens is 2. The van der Waals surface area contributed by atoms with Crippen molar-refractivity contribution in [2.24, 2.45) is 0 Å². The third-order valence-electron chi connectivity index (χ3n) is 5.30. The van der Waals surface area contributed by atoms with Gasteiger partial charge < -0.3 is 9.30 Å². The number of nitrogens with one attached hydrogen (secondary N) is 1. The average molecular weight is 498 g/mol. The van der Waals surface area contributed by atoms with Gasteiger partial charge in [0.25, 0.3) is 11.8 Å². The quantitative estimate of drug-likeness (QED) is 0.275. The molecule has 0 aliphatic carbocycles. The van der Waals surface area contributed by atoms with Crippen LogP contribution in [0.3, 0.4) is 0 Å². The molecule has 0 spiro atoms. The van der Waals surface area contributed by atoms with Gasteiger partial charge in [-0.05, 0) is 73.5 Å². The lowest BCUT2D eigenvalue weighted by atomic mass is 10.1. The highest BCUT2D eigenvalue weighted by Crippen LogP contribution is 2.27. The fourth-order valence-electron chi connectivity index (χ4n) is 3.48. The van der Waals surface area contributed by atoms with Gasteiger partial charge in [0.2, 0.25) is 0 Å². The SMILES string of the molecule is Cc1ccc(N2C(=O)NC(=O)/C(=C\c3cccn3CCCOc3ccc(Cl)cc3)C2=O)cc1Cl. The maximum absolute atomic E-state index is 13.1. The number of aromatic nitrogens is 1. The van der Waals surface area contributed by atoms with Crippen molar-refractivity contribution in [1.29, 1.82) is 0 Å². The molecule has 0 saturated carbocycles. The normalized spacial score (nSPS) is 15.1. The molecule has 1 fully saturated rings. The van der Waals surface area contributed by atoms with E-state index in [9.17, 15) is 14.4 Å². The molecule has 1 saturated heterocycles. The average Bonchev–Trinajstić information content (AvgIpc) is 3.24. The standard InChI is InChI=1S/C25H21Cl2N3O4/c1-16-5-8-19(15-22(16)27)30-24(32)21(23(31)28-25(30)33)14-18-4-2-11-29(18)12-3-13-34-20-9-6-17(26)7-10-20/h2,4-11,14-15H,3,12-13H2,1H3,(H,28,31,33)/b21-14+. The number of nitrogens with zero attached hydrogens (tertiary/aromatic N) is 2. The van der Waals surface area contributed by atoms with Crippen LogP contribution in [0.5, 0.6) is 5.75 Å². The largest absolute Gasteiger partial charge is 0.494 e. The Bertz CT molecular complexity index is 1280. The molecule has 7 nitrogen and oxygen atoms in total. The summed E-state index contributed by atoms with van der Waals surface area (Å²) in [4.78, 5) is 38.9. The van der Waals surface area contributed by atoms with Crippen molar-refractivity contribution in [2.75, 3.05) is 11.5 Å². The fraction of sp³-hybridized carbons (Fsp3) is 0.160. The van der Waals surface area contributed by atoms with E-state index in [0.29, 0.717) is 35.3 Å². The Balaban J connectivity index is 1.48. The van der Waals surface area contributed by atoms with Crippen molar-refractivity contribution in [3.63, 3.8) is 0 Å². The van der Waals surface area contributed by atoms with Gasteiger partial charge in [-0.15, -0.1) is 0 Å². The second-order valence-corrected chi connectivity index (χ2v) is 8.52. The summed E-state index contributed by atoms with van der Waals surface area (Å²) in [6.07, 6.45) is 4.02. The Kier molecular flexibility index (Phi) is 7.05. The van der Waals surface area contributed by atoms with E-state index in [1.807, 2.05) is 23.8 Å². The van der Waals surface area contributed by atoms with Crippen LogP contribution < -0.4 is 15.0 Å². The maximum Gasteiger partial charge on any atom is 0.335 e. The zero-order valence-electron chi connectivity index (χ0n) is 18.3. The van der Waals surface area contributed by atoms with Crippen molar-refractivity contribution in [3.05, 3.63) is 87.7 Å². The summed E-state index contributed by atoms with van der Waals surface area (Å²) < 4.78 is 7.62. The molecule has 34 heavy (non-hydrogen) atoms. The number of ether oxygens (including phenoxy) is 1. The van der Waals surface area contributed by atoms with Gasteiger partial charge >= 0.3 is 6.03 Å². The minimum atomic E-state index is -0.818. The zero-order chi connectivity index (χ0) is 24.2. The summed E-state index contributed by atoms with van der Waals surface area (Å²) in [6, 6.07) is 14.7. The van der Waals surface area contributed by atoms with Crippen molar-refractivity contribution in [2.45, 2.75) is 19.9 Å². The summed E-state index contributed by atoms with van der Waals surface area (Å²) in [5.74, 6) is -0.736. The van der Waals surface area contributed by atoms with Crippen LogP contribution in [0.2, 0.25) is 10.0 Å². The molecule has 1 aliphatic heterocycles. The van der Waals surface area contributed by atoms with Crippen LogP contribution in [0.1, 0.15) is 17.7 Å². The fourth-order valence-corrected chi connectivity index (χ4v) is 3.78. The number of hydrogen-bond donors (Lipinski definition) is 1. The molecule has 2 heterocycles. The lowest BCUT2D eigenvalue weighted by Gasteiger charge is -2.26. The number of barbiturate groups is 1. The number of benzene rings is 2. The Morgan fingerprint density at radius 1 is 1.03 bits per heavy atom. The van der Waals surface area contributed by atoms with E-state index in [1.54, 1.807) is 42.5 Å². The number of aryl methyl sites for hydroxylation is 2. The van der Waals surface area contributed by atoms with Gasteiger partial charge in [0.05, 0.1) is 12.3 Å². The number of carbonyl (C=O) groups is 3. The van der Waals surface area contributed by atoms with E-state index in [0.717, 1.165) is 16.2 Å². The van der Waals surface area contributed by atoms with E-state index in [4.69, 9.17) is 27.9 Å². The van der Waals surface area contributed by atoms with Crippen LogP contribution in [0.15, 0.2) is 66.4 Å². The second kappa shape index (κ2) is 10.2. The molecule has 1 aromatic heterocycles. The van der Waals surface area contributed by atoms with Gasteiger partial charge in [0.1, 0.15) is 11.3 Å². The lowest BCUT2D eigenvalue weighted by Crippen LogP contribution is -2.54. The van der Waals surface area contributed by atoms with Gasteiger partial charge in [0.15, 0.2) is 0 Å². The molecular formula is C25H21Cl2N3O4. The van der Waals surface area contributed by atoms with Gasteiger partial charge in [-0.2, -0.15) is 0 Å². The molecule has 0 unspecified atom stereocenters. The summed E-state index contributed by atoms with van der Waals surface area (Å²) in [5.41, 5.74) is 1.60. The molecule has 1 N–H and O–H groups in total. The minimum absolute atomic E-state index is 0.145. The third-order valence-corrected chi connectivity index (χ3v) is 5.96. The summed E-state index contributed by atoms with van der Waals surface area (Å²) >= 11 is 12.0. The van der Waals surface area contributed by atoms with Gasteiger partial charge in [0, 0.05) is 28.5 Å². The molecule has 174 valence electrons. The van der Waals surface area contributed by atoms with Crippen LogP contribution in [0, 0.1) is 6.92 Å². The first-order valence-corrected chi connectivity index (χ1v) is 11.3. The summed E-state index contributed by atoms with van der Waals surface area (Å²) in [7, 11) is 0. The van der Waals surface area contributed by atoms with Crippen LogP contribution in [0.4, 0.5) is 10.5 Å². The number of amides is 4. The monoisotopic (exact) mass is 497 g/mol. The van der Waals surface area contributed by atoms with Gasteiger partial charge in [-0.3, -0.25) is 14.9 Å². The first kappa shape index (κ1) is 23.6. The maximum atomic E-state index is 13.1. The van der Waals surface area contributed by atoms with E-state index < -0.39 is 17.8 Å². The van der Waals surface area contributed by atoms with E-state index in [2.05, 4.69) is 5.32 Å². The Hall–Kier alpha value is -3.55. The lowest BCUT2D eigenvalue weighted by molar-refractivity contribution is -0.122. The molecule has 0 radical (unpaired) electrons. The smallest absolute Gasteiger partial charge is 0.335 e. The third kappa shape index (κ3) is 5.16. The highest BCUT2D eigenvalue weighted by molar-refractivity contribution is 6.39. The molecule has 4 rings (SSSR count). The number of imide groups is 2. The van der Waals surface area contributed by atoms with Crippen LogP contribution in [-0.2, 0) is 16.1 Å². The molecule has 1 aliphatic rings. The predicted molar refractivity (Wildman–Crippen MR) is 131 cm³/mol. The predicted octanol–water partition coefficient (Wildman–Crippen LogP) is 5.24. The van der Waals surface area contributed by atoms with E-state index in [-0.39, 0.29) is 11.3 Å². The number of urea groups is 1. The molecular weight excluding hydrogens is 477 g/mol. The summed E-state index contributed by atoms with van der Waals surface area (Å²) in [6.45, 7) is 2.89. The Labute approximate surface area is 206 Å². The molecule has 2 aromatic carbocycles. The second-order valence-electron chi connectivity index (χ2n) is 7.67. The molecule has 0 atom stereocenters. The zero-order valence-corrected chi connectivity index (χ0v) is 19.8. The van der Waals surface area contributed by atoms with Crippen molar-refractivity contribution in [1.82, 2.24) is 9.88 Å². The molecule has 3 aromatic rings. The van der Waals surface area contributed by atoms with Crippen LogP contribution in [0.25, 0.3) is 6.08 Å². The van der Waals surface area contributed by atoms with E-state index in [1.165, 1.54) is 12.1 Å². The number of hydrogen-bond acceptors (Lipinski definition) is 4. The number of anilines is 1. The summed E-state index contributed by atoms with van der Waals surface area (Å²) in [5, 5.41) is 3.28. The Morgan fingerprint density at radius 3 is 2.53 bits per heavy atom.